The maximum atomic E-state index is 11.7. The Morgan fingerprint density at radius 2 is 1.50 bits per heavy atom. The number of ether oxygens (including phenoxy) is 4. The average molecular weight is 526 g/mol. The molecule has 2 aromatic carbocycles. The van der Waals surface area contributed by atoms with Crippen LogP contribution < -0.4 is 15.2 Å². The highest BCUT2D eigenvalue weighted by atomic mass is 32.2. The number of anilines is 1. The van der Waals surface area contributed by atoms with Crippen molar-refractivity contribution >= 4 is 44.8 Å². The summed E-state index contributed by atoms with van der Waals surface area (Å²) in [6, 6.07) is 5.22. The van der Waals surface area contributed by atoms with Crippen LogP contribution in [0.1, 0.15) is 13.8 Å². The van der Waals surface area contributed by atoms with Gasteiger partial charge in [0.25, 0.3) is 15.8 Å². The van der Waals surface area contributed by atoms with Crippen molar-refractivity contribution in [2.45, 2.75) is 18.7 Å². The lowest BCUT2D eigenvalue weighted by Crippen LogP contribution is -2.11. The molecule has 2 rings (SSSR count). The lowest BCUT2D eigenvalue weighted by molar-refractivity contribution is -0.385. The molecule has 0 unspecified atom stereocenters. The van der Waals surface area contributed by atoms with Gasteiger partial charge in [-0.1, -0.05) is 0 Å². The number of carbonyl (C=O) groups is 2. The number of nitrogen functional groups attached to an aromatic ring is 1. The van der Waals surface area contributed by atoms with Crippen molar-refractivity contribution in [3.63, 3.8) is 0 Å². The van der Waals surface area contributed by atoms with Crippen LogP contribution in [0, 0.1) is 10.1 Å². The number of nitrogens with zero attached hydrogens (tertiary/aromatic N) is 3. The van der Waals surface area contributed by atoms with Gasteiger partial charge >= 0.3 is 11.9 Å². The van der Waals surface area contributed by atoms with Gasteiger partial charge in [0.2, 0.25) is 0 Å². The van der Waals surface area contributed by atoms with Gasteiger partial charge in [-0.05, 0) is 6.07 Å². The summed E-state index contributed by atoms with van der Waals surface area (Å²) in [5, 5.41) is 18.7. The van der Waals surface area contributed by atoms with Gasteiger partial charge in [0.1, 0.15) is 54.2 Å². The van der Waals surface area contributed by atoms with Crippen LogP contribution in [0.2, 0.25) is 0 Å². The Labute approximate surface area is 204 Å². The number of carbonyl (C=O) groups excluding carboxylic acids is 2. The first kappa shape index (κ1) is 27.9. The highest BCUT2D eigenvalue weighted by Gasteiger charge is 2.21. The summed E-state index contributed by atoms with van der Waals surface area (Å²) < 4.78 is 53.5. The van der Waals surface area contributed by atoms with Crippen molar-refractivity contribution in [1.29, 1.82) is 0 Å². The average Bonchev–Trinajstić information content (AvgIpc) is 2.78. The zero-order valence-corrected chi connectivity index (χ0v) is 19.9. The van der Waals surface area contributed by atoms with Gasteiger partial charge in [0.15, 0.2) is 0 Å². The molecule has 0 aliphatic rings. The van der Waals surface area contributed by atoms with E-state index in [0.717, 1.165) is 12.1 Å². The Hall–Kier alpha value is -4.31. The first-order chi connectivity index (χ1) is 16.9. The monoisotopic (exact) mass is 526 g/mol. The highest BCUT2D eigenvalue weighted by molar-refractivity contribution is 7.86. The molecule has 0 atom stereocenters. The molecule has 0 spiro atoms. The normalized spacial score (nSPS) is 11.2. The highest BCUT2D eigenvalue weighted by Crippen LogP contribution is 2.38. The van der Waals surface area contributed by atoms with E-state index in [0.29, 0.717) is 6.07 Å². The number of nitro groups is 1. The molecule has 194 valence electrons. The Kier molecular flexibility index (Phi) is 9.63. The fraction of sp³-hybridized carbons (Fsp3) is 0.300. The quantitative estimate of drug-likeness (QED) is 0.0775. The molecule has 0 amide bonds. The van der Waals surface area contributed by atoms with Crippen molar-refractivity contribution in [1.82, 2.24) is 0 Å². The molecule has 0 aromatic heterocycles. The van der Waals surface area contributed by atoms with E-state index >= 15 is 0 Å². The standard InChI is InChI=1S/C20H22N4O11S/c1-12(25)32-5-7-34-18-11-17(19(10-15(18)21)35-8-6-33-13(2)26)23-22-16-4-3-14(24(27)28)9-20(16)36(29,30)31/h3-4,9-11H,5-8,21H2,1-2H3,(H,29,30,31)/b23-22+. The number of esters is 2. The van der Waals surface area contributed by atoms with E-state index in [1.54, 1.807) is 0 Å². The summed E-state index contributed by atoms with van der Waals surface area (Å²) in [7, 11) is -4.89. The van der Waals surface area contributed by atoms with E-state index < -0.39 is 43.3 Å². The van der Waals surface area contributed by atoms with E-state index in [2.05, 4.69) is 10.2 Å². The molecule has 0 fully saturated rings. The van der Waals surface area contributed by atoms with E-state index in [1.807, 2.05) is 0 Å². The van der Waals surface area contributed by atoms with Crippen molar-refractivity contribution in [3.8, 4) is 11.5 Å². The zero-order valence-electron chi connectivity index (χ0n) is 19.1. The van der Waals surface area contributed by atoms with E-state index in [-0.39, 0.29) is 49.3 Å². The summed E-state index contributed by atoms with van der Waals surface area (Å²) in [4.78, 5) is 31.1. The fourth-order valence-corrected chi connectivity index (χ4v) is 3.21. The molecule has 2 aromatic rings. The predicted octanol–water partition coefficient (Wildman–Crippen LogP) is 2.72. The molecule has 16 heteroatoms. The SMILES string of the molecule is CC(=O)OCCOc1cc(/N=N/c2ccc([N+](=O)[O-])cc2S(=O)(=O)O)c(OCCOC(C)=O)cc1N. The Bertz CT molecular complexity index is 1280. The van der Waals surface area contributed by atoms with Crippen LogP contribution >= 0.6 is 0 Å². The Balaban J connectivity index is 2.42. The largest absolute Gasteiger partial charge is 0.488 e. The van der Waals surface area contributed by atoms with Gasteiger partial charge in [-0.2, -0.15) is 8.42 Å². The molecule has 0 saturated carbocycles. The lowest BCUT2D eigenvalue weighted by Gasteiger charge is -2.13. The van der Waals surface area contributed by atoms with Crippen molar-refractivity contribution in [3.05, 3.63) is 40.4 Å². The smallest absolute Gasteiger partial charge is 0.302 e. The molecule has 3 N–H and O–H groups in total. The molecule has 0 heterocycles. The third kappa shape index (κ3) is 8.48. The van der Waals surface area contributed by atoms with Crippen LogP contribution in [0.4, 0.5) is 22.7 Å². The third-order valence-corrected chi connectivity index (χ3v) is 4.96. The van der Waals surface area contributed by atoms with Crippen LogP contribution in [0.3, 0.4) is 0 Å². The van der Waals surface area contributed by atoms with Crippen LogP contribution in [0.15, 0.2) is 45.5 Å². The molecule has 0 aliphatic heterocycles. The van der Waals surface area contributed by atoms with Crippen LogP contribution in [0.5, 0.6) is 11.5 Å². The van der Waals surface area contributed by atoms with Gasteiger partial charge in [0.05, 0.1) is 10.6 Å². The molecule has 15 nitrogen and oxygen atoms in total. The lowest BCUT2D eigenvalue weighted by atomic mass is 10.2. The van der Waals surface area contributed by atoms with Crippen LogP contribution in [-0.4, -0.2) is 56.3 Å². The number of nitro benzene ring substituents is 1. The topological polar surface area (TPSA) is 219 Å². The second kappa shape index (κ2) is 12.4. The maximum absolute atomic E-state index is 11.7. The minimum atomic E-state index is -4.89. The minimum absolute atomic E-state index is 0.0193. The molecule has 0 saturated heterocycles. The Morgan fingerprint density at radius 1 is 0.944 bits per heavy atom. The summed E-state index contributed by atoms with van der Waals surface area (Å²) in [6.45, 7) is 2.14. The number of benzene rings is 2. The number of nitrogens with two attached hydrogens (primary N) is 1. The van der Waals surface area contributed by atoms with Crippen molar-refractivity contribution in [2.75, 3.05) is 32.2 Å². The predicted molar refractivity (Wildman–Crippen MR) is 122 cm³/mol. The molecule has 0 bridgehead atoms. The molecule has 0 radical (unpaired) electrons. The number of non-ortho nitro benzene ring substituents is 1. The number of hydrogen-bond acceptors (Lipinski definition) is 13. The second-order valence-corrected chi connectivity index (χ2v) is 8.21. The number of rotatable bonds is 12. The van der Waals surface area contributed by atoms with Crippen LogP contribution in [0.25, 0.3) is 0 Å². The first-order valence-corrected chi connectivity index (χ1v) is 11.5. The number of hydrogen-bond donors (Lipinski definition) is 2. The van der Waals surface area contributed by atoms with E-state index in [9.17, 15) is 32.7 Å². The fourth-order valence-electron chi connectivity index (χ4n) is 2.57. The van der Waals surface area contributed by atoms with E-state index in [1.165, 1.54) is 26.0 Å². The van der Waals surface area contributed by atoms with Gasteiger partial charge in [-0.25, -0.2) is 0 Å². The first-order valence-electron chi connectivity index (χ1n) is 10.0. The van der Waals surface area contributed by atoms with E-state index in [4.69, 9.17) is 24.7 Å². The van der Waals surface area contributed by atoms with Gasteiger partial charge in [-0.15, -0.1) is 10.2 Å². The zero-order chi connectivity index (χ0) is 26.9. The Morgan fingerprint density at radius 3 is 2.03 bits per heavy atom. The molecule has 36 heavy (non-hydrogen) atoms. The van der Waals surface area contributed by atoms with Crippen LogP contribution in [-0.2, 0) is 29.2 Å². The van der Waals surface area contributed by atoms with Gasteiger partial charge in [-0.3, -0.25) is 24.3 Å². The van der Waals surface area contributed by atoms with Crippen molar-refractivity contribution < 1.29 is 46.4 Å². The summed E-state index contributed by atoms with van der Waals surface area (Å²) in [6.07, 6.45) is 0. The summed E-state index contributed by atoms with van der Waals surface area (Å²) in [5.41, 5.74) is 5.07. The van der Waals surface area contributed by atoms with Gasteiger partial charge < -0.3 is 24.7 Å². The maximum Gasteiger partial charge on any atom is 0.302 e. The molecular weight excluding hydrogens is 504 g/mol. The summed E-state index contributed by atoms with van der Waals surface area (Å²) in [5.74, 6) is -0.881. The number of azo groups is 1. The second-order valence-electron chi connectivity index (χ2n) is 6.82. The van der Waals surface area contributed by atoms with Gasteiger partial charge in [0, 0.05) is 38.1 Å². The molecular formula is C20H22N4O11S. The molecule has 0 aliphatic carbocycles. The van der Waals surface area contributed by atoms with Crippen molar-refractivity contribution in [2.24, 2.45) is 10.2 Å². The summed E-state index contributed by atoms with van der Waals surface area (Å²) >= 11 is 0. The third-order valence-electron chi connectivity index (χ3n) is 4.08. The minimum Gasteiger partial charge on any atom is -0.488 e.